The molecule has 144 valence electrons. The predicted octanol–water partition coefficient (Wildman–Crippen LogP) is 2.61. The van der Waals surface area contributed by atoms with Gasteiger partial charge in [-0.2, -0.15) is 0 Å². The Hall–Kier alpha value is -2.90. The van der Waals surface area contributed by atoms with E-state index in [9.17, 15) is 9.18 Å². The van der Waals surface area contributed by atoms with Crippen molar-refractivity contribution >= 4 is 16.8 Å². The summed E-state index contributed by atoms with van der Waals surface area (Å²) in [5.74, 6) is -0.164. The van der Waals surface area contributed by atoms with Gasteiger partial charge in [-0.1, -0.05) is 12.1 Å². The van der Waals surface area contributed by atoms with Crippen LogP contribution in [0.2, 0.25) is 0 Å². The Bertz CT molecular complexity index is 1010. The summed E-state index contributed by atoms with van der Waals surface area (Å²) in [6.45, 7) is 3.13. The minimum Gasteiger partial charge on any atom is -0.341 e. The molecule has 2 aromatic heterocycles. The van der Waals surface area contributed by atoms with Gasteiger partial charge in [-0.25, -0.2) is 9.82 Å². The molecule has 1 aliphatic rings. The van der Waals surface area contributed by atoms with Crippen LogP contribution in [0.5, 0.6) is 0 Å². The van der Waals surface area contributed by atoms with Gasteiger partial charge >= 0.3 is 0 Å². The average molecular weight is 379 g/mol. The third-order valence-corrected chi connectivity index (χ3v) is 5.21. The van der Waals surface area contributed by atoms with E-state index in [0.29, 0.717) is 17.8 Å². The van der Waals surface area contributed by atoms with E-state index in [-0.39, 0.29) is 23.7 Å². The third-order valence-electron chi connectivity index (χ3n) is 5.21. The lowest BCUT2D eigenvalue weighted by atomic mass is 9.94. The monoisotopic (exact) mass is 379 g/mol. The largest absolute Gasteiger partial charge is 0.341 e. The minimum absolute atomic E-state index is 0.0101. The van der Waals surface area contributed by atoms with Crippen LogP contribution in [0.15, 0.2) is 48.8 Å². The lowest BCUT2D eigenvalue weighted by Gasteiger charge is -2.25. The number of carbonyl (C=O) groups excluding carboxylic acids is 1. The van der Waals surface area contributed by atoms with Gasteiger partial charge in [0.25, 0.3) is 5.91 Å². The van der Waals surface area contributed by atoms with Crippen molar-refractivity contribution in [3.8, 4) is 0 Å². The molecule has 1 aromatic carbocycles. The maximum Gasteiger partial charge on any atom is 0.255 e. The number of amides is 1. The predicted molar refractivity (Wildman–Crippen MR) is 105 cm³/mol. The topological polar surface area (TPSA) is 70.2 Å². The second-order valence-corrected chi connectivity index (χ2v) is 7.19. The molecule has 1 saturated heterocycles. The zero-order valence-electron chi connectivity index (χ0n) is 15.8. The van der Waals surface area contributed by atoms with E-state index in [1.807, 2.05) is 19.1 Å². The Morgan fingerprint density at radius 2 is 2.07 bits per heavy atom. The van der Waals surface area contributed by atoms with Crippen molar-refractivity contribution in [1.29, 1.82) is 0 Å². The maximum absolute atomic E-state index is 13.2. The van der Waals surface area contributed by atoms with E-state index in [0.717, 1.165) is 23.0 Å². The van der Waals surface area contributed by atoms with Gasteiger partial charge in [0.1, 0.15) is 5.82 Å². The Morgan fingerprint density at radius 1 is 1.29 bits per heavy atom. The van der Waals surface area contributed by atoms with Gasteiger partial charge in [0.15, 0.2) is 0 Å². The summed E-state index contributed by atoms with van der Waals surface area (Å²) in [5.41, 5.74) is 9.49. The van der Waals surface area contributed by atoms with Crippen molar-refractivity contribution < 1.29 is 9.18 Å². The summed E-state index contributed by atoms with van der Waals surface area (Å²) in [6.07, 6.45) is 3.41. The lowest BCUT2D eigenvalue weighted by Crippen LogP contribution is -2.35. The SMILES string of the molecule is Cc1nc2ccncc2cc1C(=O)N(C)CC1CNNC1c1ccc(F)cc1. The van der Waals surface area contributed by atoms with Crippen molar-refractivity contribution in [3.63, 3.8) is 0 Å². The number of benzene rings is 1. The first-order chi connectivity index (χ1) is 13.5. The van der Waals surface area contributed by atoms with Crippen LogP contribution in [-0.4, -0.2) is 40.9 Å². The van der Waals surface area contributed by atoms with Crippen LogP contribution < -0.4 is 10.9 Å². The highest BCUT2D eigenvalue weighted by Crippen LogP contribution is 2.26. The van der Waals surface area contributed by atoms with E-state index < -0.39 is 0 Å². The number of nitrogens with one attached hydrogen (secondary N) is 2. The van der Waals surface area contributed by atoms with E-state index in [1.165, 1.54) is 12.1 Å². The normalized spacial score (nSPS) is 19.1. The first kappa shape index (κ1) is 18.5. The van der Waals surface area contributed by atoms with E-state index in [1.54, 1.807) is 36.5 Å². The molecule has 2 unspecified atom stereocenters. The number of pyridine rings is 2. The second kappa shape index (κ2) is 7.61. The number of hydrogen-bond acceptors (Lipinski definition) is 5. The molecule has 2 atom stereocenters. The van der Waals surface area contributed by atoms with Gasteiger partial charge in [-0.15, -0.1) is 0 Å². The molecule has 0 bridgehead atoms. The molecule has 1 amide bonds. The number of aromatic nitrogens is 2. The molecule has 7 heteroatoms. The first-order valence-corrected chi connectivity index (χ1v) is 9.23. The van der Waals surface area contributed by atoms with Crippen molar-refractivity contribution in [2.45, 2.75) is 13.0 Å². The van der Waals surface area contributed by atoms with Gasteiger partial charge in [-0.3, -0.25) is 20.2 Å². The fourth-order valence-electron chi connectivity index (χ4n) is 3.70. The minimum atomic E-state index is -0.257. The molecule has 0 aliphatic carbocycles. The highest BCUT2D eigenvalue weighted by atomic mass is 19.1. The van der Waals surface area contributed by atoms with Crippen LogP contribution in [-0.2, 0) is 0 Å². The average Bonchev–Trinajstić information content (AvgIpc) is 3.15. The van der Waals surface area contributed by atoms with Crippen molar-refractivity contribution in [1.82, 2.24) is 25.7 Å². The molecule has 0 spiro atoms. The van der Waals surface area contributed by atoms with Crippen molar-refractivity contribution in [2.24, 2.45) is 5.92 Å². The number of nitrogens with zero attached hydrogens (tertiary/aromatic N) is 3. The third kappa shape index (κ3) is 3.58. The number of rotatable bonds is 4. The summed E-state index contributed by atoms with van der Waals surface area (Å²) >= 11 is 0. The van der Waals surface area contributed by atoms with E-state index >= 15 is 0 Å². The van der Waals surface area contributed by atoms with Crippen LogP contribution in [0.25, 0.3) is 10.9 Å². The van der Waals surface area contributed by atoms with Crippen molar-refractivity contribution in [3.05, 3.63) is 71.4 Å². The van der Waals surface area contributed by atoms with Crippen molar-refractivity contribution in [2.75, 3.05) is 20.1 Å². The summed E-state index contributed by atoms with van der Waals surface area (Å²) in [4.78, 5) is 23.4. The van der Waals surface area contributed by atoms with Gasteiger partial charge in [0.05, 0.1) is 22.8 Å². The highest BCUT2D eigenvalue weighted by Gasteiger charge is 2.30. The highest BCUT2D eigenvalue weighted by molar-refractivity contribution is 5.98. The Morgan fingerprint density at radius 3 is 2.86 bits per heavy atom. The van der Waals surface area contributed by atoms with Crippen LogP contribution in [0.1, 0.15) is 27.7 Å². The Kier molecular flexibility index (Phi) is 5.02. The van der Waals surface area contributed by atoms with E-state index in [4.69, 9.17) is 0 Å². The Balaban J connectivity index is 1.52. The van der Waals surface area contributed by atoms with Crippen LogP contribution >= 0.6 is 0 Å². The smallest absolute Gasteiger partial charge is 0.255 e. The standard InChI is InChI=1S/C21H22FN5O/c1-13-18(9-15-10-23-8-7-19(15)25-13)21(28)27(2)12-16-11-24-26-20(16)14-3-5-17(22)6-4-14/h3-10,16,20,24,26H,11-12H2,1-2H3. The number of fused-ring (bicyclic) bond motifs is 1. The quantitative estimate of drug-likeness (QED) is 0.729. The Labute approximate surface area is 162 Å². The zero-order valence-corrected chi connectivity index (χ0v) is 15.8. The summed E-state index contributed by atoms with van der Waals surface area (Å²) in [5, 5.41) is 0.846. The van der Waals surface area contributed by atoms with Crippen LogP contribution in [0.4, 0.5) is 4.39 Å². The molecular formula is C21H22FN5O. The molecule has 3 heterocycles. The molecule has 2 N–H and O–H groups in total. The first-order valence-electron chi connectivity index (χ1n) is 9.23. The number of carbonyl (C=O) groups is 1. The summed E-state index contributed by atoms with van der Waals surface area (Å²) in [7, 11) is 1.80. The number of hydrogen-bond donors (Lipinski definition) is 2. The number of aryl methyl sites for hydroxylation is 1. The molecule has 0 saturated carbocycles. The molecule has 6 nitrogen and oxygen atoms in total. The molecule has 4 rings (SSSR count). The fraction of sp³-hybridized carbons (Fsp3) is 0.286. The lowest BCUT2D eigenvalue weighted by molar-refractivity contribution is 0.0770. The van der Waals surface area contributed by atoms with Crippen LogP contribution in [0.3, 0.4) is 0 Å². The zero-order chi connectivity index (χ0) is 19.7. The van der Waals surface area contributed by atoms with Crippen LogP contribution in [0, 0.1) is 18.7 Å². The molecule has 1 fully saturated rings. The van der Waals surface area contributed by atoms with Gasteiger partial charge in [-0.05, 0) is 36.8 Å². The molecule has 3 aromatic rings. The summed E-state index contributed by atoms with van der Waals surface area (Å²) in [6, 6.07) is 10.2. The van der Waals surface area contributed by atoms with E-state index in [2.05, 4.69) is 20.8 Å². The van der Waals surface area contributed by atoms with Gasteiger partial charge in [0, 0.05) is 43.8 Å². The fourth-order valence-corrected chi connectivity index (χ4v) is 3.70. The van der Waals surface area contributed by atoms with Gasteiger partial charge < -0.3 is 4.90 Å². The molecule has 0 radical (unpaired) electrons. The second-order valence-electron chi connectivity index (χ2n) is 7.19. The maximum atomic E-state index is 13.2. The number of halogens is 1. The van der Waals surface area contributed by atoms with Gasteiger partial charge in [0.2, 0.25) is 0 Å². The molecule has 28 heavy (non-hydrogen) atoms. The number of hydrazine groups is 1. The molecule has 1 aliphatic heterocycles. The molecular weight excluding hydrogens is 357 g/mol. The summed E-state index contributed by atoms with van der Waals surface area (Å²) < 4.78 is 13.2.